The normalized spacial score (nSPS) is 10.4. The second-order valence-electron chi connectivity index (χ2n) is 5.25. The van der Waals surface area contributed by atoms with E-state index in [1.807, 2.05) is 31.3 Å². The van der Waals surface area contributed by atoms with Crippen LogP contribution in [0.1, 0.15) is 0 Å². The number of benzene rings is 2. The molecule has 3 N–H and O–H groups in total. The van der Waals surface area contributed by atoms with Crippen LogP contribution in [0, 0.1) is 0 Å². The highest BCUT2D eigenvalue weighted by Crippen LogP contribution is 2.25. The Hall–Kier alpha value is -2.51. The molecule has 0 atom stereocenters. The van der Waals surface area contributed by atoms with E-state index in [1.165, 1.54) is 0 Å². The van der Waals surface area contributed by atoms with Crippen LogP contribution < -0.4 is 16.0 Å². The smallest absolute Gasteiger partial charge is 0.323 e. The quantitative estimate of drug-likeness (QED) is 0.541. The molecule has 0 saturated heterocycles. The Balaban J connectivity index is 1.60. The van der Waals surface area contributed by atoms with Crippen LogP contribution in [0.3, 0.4) is 0 Å². The Kier molecular flexibility index (Phi) is 5.25. The van der Waals surface area contributed by atoms with Gasteiger partial charge in [-0.1, -0.05) is 11.6 Å². The van der Waals surface area contributed by atoms with Crippen molar-refractivity contribution in [3.8, 4) is 0 Å². The topological polar surface area (TPSA) is 71.0 Å². The van der Waals surface area contributed by atoms with Crippen LogP contribution in [-0.2, 0) is 7.05 Å². The molecule has 6 nitrogen and oxygen atoms in total. The third-order valence-electron chi connectivity index (χ3n) is 3.40. The van der Waals surface area contributed by atoms with Crippen LogP contribution in [0.2, 0.25) is 5.02 Å². The number of rotatable bonds is 4. The largest absolute Gasteiger partial charge is 0.340 e. The van der Waals surface area contributed by atoms with Crippen LogP contribution in [-0.4, -0.2) is 15.8 Å². The number of hydrogen-bond donors (Lipinski definition) is 3. The fourth-order valence-electron chi connectivity index (χ4n) is 2.15. The van der Waals surface area contributed by atoms with Gasteiger partial charge in [-0.2, -0.15) is 5.10 Å². The number of urea groups is 1. The Morgan fingerprint density at radius 1 is 1.00 bits per heavy atom. The van der Waals surface area contributed by atoms with Crippen LogP contribution in [0.15, 0.2) is 59.2 Å². The van der Waals surface area contributed by atoms with Crippen molar-refractivity contribution in [2.45, 2.75) is 0 Å². The molecule has 0 bridgehead atoms. The molecule has 1 aromatic heterocycles. The second-order valence-corrected chi connectivity index (χ2v) is 6.54. The van der Waals surface area contributed by atoms with E-state index in [0.29, 0.717) is 16.4 Å². The molecule has 2 amide bonds. The van der Waals surface area contributed by atoms with Gasteiger partial charge in [-0.15, -0.1) is 0 Å². The van der Waals surface area contributed by atoms with Gasteiger partial charge in [0.15, 0.2) is 0 Å². The number of carbonyl (C=O) groups is 1. The summed E-state index contributed by atoms with van der Waals surface area (Å²) in [6, 6.07) is 14.0. The molecule has 0 aliphatic carbocycles. The minimum absolute atomic E-state index is 0.322. The van der Waals surface area contributed by atoms with Crippen molar-refractivity contribution in [3.63, 3.8) is 0 Å². The molecular weight excluding hydrogens is 406 g/mol. The Labute approximate surface area is 158 Å². The maximum absolute atomic E-state index is 12.0. The molecule has 2 aromatic carbocycles. The lowest BCUT2D eigenvalue weighted by Gasteiger charge is -2.10. The van der Waals surface area contributed by atoms with Gasteiger partial charge in [-0.05, 0) is 64.5 Å². The van der Waals surface area contributed by atoms with Gasteiger partial charge < -0.3 is 16.0 Å². The van der Waals surface area contributed by atoms with E-state index in [1.54, 1.807) is 35.1 Å². The number of aryl methyl sites for hydroxylation is 1. The Bertz CT molecular complexity index is 858. The van der Waals surface area contributed by atoms with Gasteiger partial charge in [-0.3, -0.25) is 4.68 Å². The molecule has 0 saturated carbocycles. The molecule has 0 radical (unpaired) electrons. The van der Waals surface area contributed by atoms with Gasteiger partial charge in [0.2, 0.25) is 0 Å². The molecular formula is C17H15BrClN5O. The molecule has 0 unspecified atom stereocenters. The van der Waals surface area contributed by atoms with Crippen molar-refractivity contribution in [3.05, 3.63) is 64.2 Å². The third-order valence-corrected chi connectivity index (χ3v) is 4.23. The standard InChI is InChI=1S/C17H15BrClN5O/c1-24-16(15(18)10-20-24)21-12-6-8-14(9-7-12)23-17(25)22-13-4-2-11(19)3-5-13/h2-10,21H,1H3,(H2,22,23,25). The highest BCUT2D eigenvalue weighted by molar-refractivity contribution is 9.10. The van der Waals surface area contributed by atoms with E-state index in [4.69, 9.17) is 11.6 Å². The van der Waals surface area contributed by atoms with Crippen LogP contribution in [0.4, 0.5) is 27.7 Å². The minimum atomic E-state index is -0.322. The van der Waals surface area contributed by atoms with E-state index in [-0.39, 0.29) is 6.03 Å². The lowest BCUT2D eigenvalue weighted by atomic mass is 10.3. The SMILES string of the molecule is Cn1ncc(Br)c1Nc1ccc(NC(=O)Nc2ccc(Cl)cc2)cc1. The van der Waals surface area contributed by atoms with E-state index in [2.05, 4.69) is 37.0 Å². The van der Waals surface area contributed by atoms with Gasteiger partial charge in [0.25, 0.3) is 0 Å². The molecule has 3 rings (SSSR count). The van der Waals surface area contributed by atoms with Gasteiger partial charge in [-0.25, -0.2) is 4.79 Å². The number of nitrogens with zero attached hydrogens (tertiary/aromatic N) is 2. The van der Waals surface area contributed by atoms with Crippen molar-refractivity contribution in [1.29, 1.82) is 0 Å². The van der Waals surface area contributed by atoms with Crippen molar-refractivity contribution >= 4 is 56.4 Å². The molecule has 0 spiro atoms. The highest BCUT2D eigenvalue weighted by Gasteiger charge is 2.07. The summed E-state index contributed by atoms with van der Waals surface area (Å²) < 4.78 is 2.61. The summed E-state index contributed by atoms with van der Waals surface area (Å²) in [5.74, 6) is 0.848. The monoisotopic (exact) mass is 419 g/mol. The summed E-state index contributed by atoms with van der Waals surface area (Å²) in [5.41, 5.74) is 2.23. The number of halogens is 2. The average molecular weight is 421 g/mol. The summed E-state index contributed by atoms with van der Waals surface area (Å²) in [7, 11) is 1.85. The molecule has 25 heavy (non-hydrogen) atoms. The molecule has 8 heteroatoms. The fraction of sp³-hybridized carbons (Fsp3) is 0.0588. The fourth-order valence-corrected chi connectivity index (χ4v) is 2.72. The predicted octanol–water partition coefficient (Wildman–Crippen LogP) is 5.22. The second kappa shape index (κ2) is 7.58. The van der Waals surface area contributed by atoms with Gasteiger partial charge in [0, 0.05) is 29.1 Å². The van der Waals surface area contributed by atoms with Crippen molar-refractivity contribution in [2.75, 3.05) is 16.0 Å². The maximum atomic E-state index is 12.0. The third kappa shape index (κ3) is 4.52. The van der Waals surface area contributed by atoms with Crippen LogP contribution in [0.5, 0.6) is 0 Å². The first-order chi connectivity index (χ1) is 12.0. The molecule has 0 aliphatic heterocycles. The first-order valence-corrected chi connectivity index (χ1v) is 8.56. The van der Waals surface area contributed by atoms with Crippen molar-refractivity contribution in [2.24, 2.45) is 7.05 Å². The Morgan fingerprint density at radius 2 is 1.52 bits per heavy atom. The molecule has 3 aromatic rings. The van der Waals surface area contributed by atoms with E-state index < -0.39 is 0 Å². The average Bonchev–Trinajstić information content (AvgIpc) is 2.90. The lowest BCUT2D eigenvalue weighted by Crippen LogP contribution is -2.19. The first kappa shape index (κ1) is 17.3. The van der Waals surface area contributed by atoms with Crippen LogP contribution >= 0.6 is 27.5 Å². The summed E-state index contributed by atoms with van der Waals surface area (Å²) in [6.45, 7) is 0. The molecule has 128 valence electrons. The number of hydrogen-bond acceptors (Lipinski definition) is 3. The van der Waals surface area contributed by atoms with E-state index in [0.717, 1.165) is 16.0 Å². The minimum Gasteiger partial charge on any atom is -0.340 e. The zero-order chi connectivity index (χ0) is 17.8. The molecule has 1 heterocycles. The summed E-state index contributed by atoms with van der Waals surface area (Å²) in [5, 5.41) is 13.5. The zero-order valence-electron chi connectivity index (χ0n) is 13.3. The highest BCUT2D eigenvalue weighted by atomic mass is 79.9. The first-order valence-electron chi connectivity index (χ1n) is 7.39. The van der Waals surface area contributed by atoms with Gasteiger partial charge >= 0.3 is 6.03 Å². The summed E-state index contributed by atoms with van der Waals surface area (Å²) in [4.78, 5) is 12.0. The van der Waals surface area contributed by atoms with Crippen molar-refractivity contribution in [1.82, 2.24) is 9.78 Å². The number of nitrogens with one attached hydrogen (secondary N) is 3. The maximum Gasteiger partial charge on any atom is 0.323 e. The molecule has 0 fully saturated rings. The number of anilines is 4. The Morgan fingerprint density at radius 3 is 2.04 bits per heavy atom. The van der Waals surface area contributed by atoms with E-state index >= 15 is 0 Å². The van der Waals surface area contributed by atoms with Gasteiger partial charge in [0.1, 0.15) is 5.82 Å². The van der Waals surface area contributed by atoms with Crippen molar-refractivity contribution < 1.29 is 4.79 Å². The number of aromatic nitrogens is 2. The van der Waals surface area contributed by atoms with E-state index in [9.17, 15) is 4.79 Å². The van der Waals surface area contributed by atoms with Gasteiger partial charge in [0.05, 0.1) is 10.7 Å². The summed E-state index contributed by atoms with van der Waals surface area (Å²) >= 11 is 9.26. The number of amides is 2. The zero-order valence-corrected chi connectivity index (χ0v) is 15.6. The van der Waals surface area contributed by atoms with Crippen LogP contribution in [0.25, 0.3) is 0 Å². The predicted molar refractivity (Wildman–Crippen MR) is 105 cm³/mol. The molecule has 0 aliphatic rings. The summed E-state index contributed by atoms with van der Waals surface area (Å²) in [6.07, 6.45) is 1.72. The lowest BCUT2D eigenvalue weighted by molar-refractivity contribution is 0.262. The number of carbonyl (C=O) groups excluding carboxylic acids is 1.